The van der Waals surface area contributed by atoms with E-state index >= 15 is 0 Å². The van der Waals surface area contributed by atoms with Crippen LogP contribution >= 0.6 is 22.6 Å². The average Bonchev–Trinajstić information content (AvgIpc) is 3.81. The second-order valence-electron chi connectivity index (χ2n) is 21.5. The van der Waals surface area contributed by atoms with Crippen LogP contribution in [-0.4, -0.2) is 143 Å². The van der Waals surface area contributed by atoms with E-state index in [4.69, 9.17) is 41.3 Å². The van der Waals surface area contributed by atoms with Crippen LogP contribution in [0.3, 0.4) is 0 Å². The quantitative estimate of drug-likeness (QED) is 0.0610. The van der Waals surface area contributed by atoms with Gasteiger partial charge in [0.2, 0.25) is 0 Å². The van der Waals surface area contributed by atoms with Gasteiger partial charge in [0.1, 0.15) is 30.2 Å². The molecule has 5 N–H and O–H groups in total. The highest BCUT2D eigenvalue weighted by molar-refractivity contribution is 14.1. The fourth-order valence-corrected chi connectivity index (χ4v) is 11.6. The molecule has 86 heavy (non-hydrogen) atoms. The number of carbonyl (C=O) groups is 5. The summed E-state index contributed by atoms with van der Waals surface area (Å²) < 4.78 is 38.4. The van der Waals surface area contributed by atoms with Gasteiger partial charge in [0.25, 0.3) is 0 Å². The Balaban J connectivity index is 0.000000172. The second-order valence-corrected chi connectivity index (χ2v) is 22.8. The van der Waals surface area contributed by atoms with Crippen molar-refractivity contribution in [3.8, 4) is 18.2 Å². The topological polar surface area (TPSA) is 274 Å². The second kappa shape index (κ2) is 33.2. The zero-order valence-corrected chi connectivity index (χ0v) is 49.6. The van der Waals surface area contributed by atoms with Crippen molar-refractivity contribution in [3.05, 3.63) is 175 Å². The molecule has 5 aromatic carbocycles. The van der Waals surface area contributed by atoms with Crippen molar-refractivity contribution in [3.63, 3.8) is 0 Å². The maximum atomic E-state index is 12.4. The van der Waals surface area contributed by atoms with Gasteiger partial charge in [0.05, 0.1) is 40.5 Å². The predicted molar refractivity (Wildman–Crippen MR) is 319 cm³/mol. The Morgan fingerprint density at radius 3 is 1.14 bits per heavy atom. The molecule has 0 bridgehead atoms. The van der Waals surface area contributed by atoms with Gasteiger partial charge in [-0.15, -0.1) is 0 Å². The molecule has 5 aromatic rings. The van der Waals surface area contributed by atoms with Gasteiger partial charge in [-0.25, -0.2) is 0 Å². The van der Waals surface area contributed by atoms with Crippen LogP contribution in [0.4, 0.5) is 13.2 Å². The third-order valence-corrected chi connectivity index (χ3v) is 16.4. The minimum atomic E-state index is -4.34. The summed E-state index contributed by atoms with van der Waals surface area (Å²) in [5, 5.41) is 71.8. The molecule has 5 saturated heterocycles. The van der Waals surface area contributed by atoms with Gasteiger partial charge in [-0.3, -0.25) is 48.5 Å². The molecule has 5 atom stereocenters. The third kappa shape index (κ3) is 20.5. The number of carboxylic acids is 5. The van der Waals surface area contributed by atoms with Gasteiger partial charge < -0.3 is 25.5 Å². The van der Waals surface area contributed by atoms with Crippen LogP contribution in [0.2, 0.25) is 0 Å². The highest BCUT2D eigenvalue weighted by atomic mass is 127. The van der Waals surface area contributed by atoms with Gasteiger partial charge in [-0.2, -0.15) is 29.0 Å². The lowest BCUT2D eigenvalue weighted by Gasteiger charge is -2.21. The van der Waals surface area contributed by atoms with Crippen LogP contribution in [0.25, 0.3) is 0 Å². The van der Waals surface area contributed by atoms with E-state index in [0.29, 0.717) is 74.2 Å². The van der Waals surface area contributed by atoms with Crippen LogP contribution in [0.15, 0.2) is 121 Å². The molecule has 22 heteroatoms. The summed E-state index contributed by atoms with van der Waals surface area (Å²) in [6.45, 7) is 6.89. The zero-order valence-electron chi connectivity index (χ0n) is 47.4. The standard InChI is InChI=1S/C13H14F3NO2.3C13H14N2O2.C12H14INO2/c14-13(15,16)10-5-3-9(4-6-10)8-17-7-1-2-11(17)12(18)19;14-8-10-3-1-4-11(7-10)9-15-6-2-5-12(15)13(16)17;14-8-10-3-5-11(6-4-10)9-15-7-1-2-12(15)13(16)17;14-8-10-4-1-2-5-11(10)9-15-7-3-6-12(15)13(16)17;13-10-5-3-9(4-6-10)8-14-7-1-2-11(14)12(15)16/h3-6,11H,1-2,7-8H2,(H,18,19);1,3-4,7,12H,2,5-6,9H2,(H,16,17);3-6,12H,1-2,7,9H2,(H,16,17);1-2,4-5,12H,3,6-7,9H2,(H,16,17);3-6,11H,1-2,7-8H2,(H,15,16)/t11-;3*12-;11-/m00000/s1. The summed E-state index contributed by atoms with van der Waals surface area (Å²) in [5.41, 5.74) is 6.03. The molecule has 0 spiro atoms. The lowest BCUT2D eigenvalue weighted by molar-refractivity contribution is -0.143. The maximum absolute atomic E-state index is 12.4. The van der Waals surface area contributed by atoms with Crippen molar-refractivity contribution in [2.45, 2.75) is 133 Å². The first kappa shape index (κ1) is 67.4. The highest BCUT2D eigenvalue weighted by Gasteiger charge is 2.35. The smallest absolute Gasteiger partial charge is 0.416 e. The van der Waals surface area contributed by atoms with E-state index in [-0.39, 0.29) is 18.1 Å². The Morgan fingerprint density at radius 1 is 0.430 bits per heavy atom. The summed E-state index contributed by atoms with van der Waals surface area (Å²) >= 11 is 2.27. The normalized spacial score (nSPS) is 20.4. The number of nitriles is 3. The summed E-state index contributed by atoms with van der Waals surface area (Å²) in [7, 11) is 0. The average molecular weight is 1300 g/mol. The van der Waals surface area contributed by atoms with E-state index in [1.54, 1.807) is 29.2 Å². The summed E-state index contributed by atoms with van der Waals surface area (Å²) in [4.78, 5) is 64.8. The Kier molecular flexibility index (Phi) is 26.0. The monoisotopic (exact) mass is 1290 g/mol. The van der Waals surface area contributed by atoms with E-state index in [9.17, 15) is 37.1 Å². The third-order valence-electron chi connectivity index (χ3n) is 15.6. The highest BCUT2D eigenvalue weighted by Crippen LogP contribution is 2.30. The van der Waals surface area contributed by atoms with Gasteiger partial charge in [-0.05, 0) is 202 Å². The number of rotatable bonds is 15. The predicted octanol–water partition coefficient (Wildman–Crippen LogP) is 9.92. The largest absolute Gasteiger partial charge is 0.480 e. The fourth-order valence-electron chi connectivity index (χ4n) is 11.2. The minimum absolute atomic E-state index is 0.292. The molecule has 0 radical (unpaired) electrons. The number of hydrogen-bond acceptors (Lipinski definition) is 13. The number of alkyl halides is 3. The molecular formula is C64H70F3IN8O10. The molecule has 18 nitrogen and oxygen atoms in total. The number of hydrogen-bond donors (Lipinski definition) is 5. The number of likely N-dealkylation sites (tertiary alicyclic amines) is 5. The van der Waals surface area contributed by atoms with Crippen LogP contribution < -0.4 is 0 Å². The van der Waals surface area contributed by atoms with Crippen LogP contribution in [-0.2, 0) is 62.9 Å². The van der Waals surface area contributed by atoms with E-state index in [2.05, 4.69) is 65.1 Å². The van der Waals surface area contributed by atoms with Crippen LogP contribution in [0.5, 0.6) is 0 Å². The summed E-state index contributed by atoms with van der Waals surface area (Å²) in [6, 6.07) is 39.4. The lowest BCUT2D eigenvalue weighted by Crippen LogP contribution is -2.35. The Morgan fingerprint density at radius 2 is 0.779 bits per heavy atom. The first-order valence-corrected chi connectivity index (χ1v) is 29.5. The Labute approximate surface area is 512 Å². The first-order valence-electron chi connectivity index (χ1n) is 28.4. The molecular weight excluding hydrogens is 1220 g/mol. The lowest BCUT2D eigenvalue weighted by atomic mass is 10.1. The number of halogens is 4. The number of benzene rings is 5. The Hall–Kier alpha value is -7.76. The summed E-state index contributed by atoms with van der Waals surface area (Å²) in [6.07, 6.45) is 3.74. The zero-order chi connectivity index (χ0) is 62.3. The number of nitrogens with zero attached hydrogens (tertiary/aromatic N) is 8. The van der Waals surface area contributed by atoms with Gasteiger partial charge in [0, 0.05) is 36.3 Å². The number of carboxylic acid groups (broad SMARTS) is 5. The number of aliphatic carboxylic acids is 5. The van der Waals surface area contributed by atoms with Crippen LogP contribution in [0.1, 0.15) is 114 Å². The fraction of sp³-hybridized carbons (Fsp3) is 0.406. The van der Waals surface area contributed by atoms with Crippen molar-refractivity contribution < 1.29 is 62.7 Å². The molecule has 0 aliphatic carbocycles. The van der Waals surface area contributed by atoms with Gasteiger partial charge >= 0.3 is 36.0 Å². The molecule has 10 rings (SSSR count). The maximum Gasteiger partial charge on any atom is 0.416 e. The molecule has 5 aliphatic heterocycles. The molecule has 0 unspecified atom stereocenters. The van der Waals surface area contributed by atoms with E-state index in [1.165, 1.54) is 21.3 Å². The molecule has 0 aromatic heterocycles. The molecule has 0 saturated carbocycles. The first-order chi connectivity index (χ1) is 41.2. The molecule has 0 amide bonds. The van der Waals surface area contributed by atoms with Crippen molar-refractivity contribution in [1.29, 1.82) is 15.8 Å². The summed E-state index contributed by atoms with van der Waals surface area (Å²) in [5.74, 6) is -3.82. The minimum Gasteiger partial charge on any atom is -0.480 e. The van der Waals surface area contributed by atoms with Gasteiger partial charge in [-0.1, -0.05) is 66.7 Å². The van der Waals surface area contributed by atoms with Gasteiger partial charge in [0.15, 0.2) is 0 Å². The Bertz CT molecular complexity index is 3210. The van der Waals surface area contributed by atoms with Crippen LogP contribution in [0, 0.1) is 37.6 Å². The van der Waals surface area contributed by atoms with E-state index < -0.39 is 53.7 Å². The van der Waals surface area contributed by atoms with E-state index in [0.717, 1.165) is 106 Å². The molecule has 454 valence electrons. The molecule has 5 aliphatic rings. The van der Waals surface area contributed by atoms with Crippen molar-refractivity contribution in [2.75, 3.05) is 32.7 Å². The van der Waals surface area contributed by atoms with Crippen molar-refractivity contribution in [2.24, 2.45) is 0 Å². The molecule has 5 fully saturated rings. The van der Waals surface area contributed by atoms with Crippen molar-refractivity contribution in [1.82, 2.24) is 24.5 Å². The SMILES string of the molecule is N#Cc1ccc(CN2CCC[C@H]2C(=O)O)cc1.N#Cc1cccc(CN2CCC[C@H]2C(=O)O)c1.N#Cc1ccccc1CN1CCC[C@H]1C(=O)O.O=C(O)[C@@H]1CCCN1Cc1ccc(C(F)(F)F)cc1.O=C(O)[C@@H]1CCCN1Cc1ccc(I)cc1. The van der Waals surface area contributed by atoms with Crippen molar-refractivity contribution >= 4 is 52.4 Å². The van der Waals surface area contributed by atoms with E-state index in [1.807, 2.05) is 68.1 Å². The molecule has 5 heterocycles.